The van der Waals surface area contributed by atoms with Crippen LogP contribution in [0.3, 0.4) is 0 Å². The van der Waals surface area contributed by atoms with Crippen LogP contribution in [0.25, 0.3) is 10.9 Å². The van der Waals surface area contributed by atoms with Gasteiger partial charge in [-0.2, -0.15) is 0 Å². The summed E-state index contributed by atoms with van der Waals surface area (Å²) in [4.78, 5) is 15.1. The summed E-state index contributed by atoms with van der Waals surface area (Å²) in [5.74, 6) is -0.142. The summed E-state index contributed by atoms with van der Waals surface area (Å²) in [5, 5.41) is 10.7. The topological polar surface area (TPSA) is 76.2 Å². The Morgan fingerprint density at radius 3 is 2.65 bits per heavy atom. The third kappa shape index (κ3) is 2.06. The van der Waals surface area contributed by atoms with Crippen LogP contribution in [0.5, 0.6) is 5.75 Å². The van der Waals surface area contributed by atoms with E-state index in [-0.39, 0.29) is 17.4 Å². The Kier molecular flexibility index (Phi) is 2.71. The van der Waals surface area contributed by atoms with Gasteiger partial charge in [0.05, 0.1) is 5.52 Å². The van der Waals surface area contributed by atoms with Crippen LogP contribution in [0.1, 0.15) is 35.8 Å². The molecule has 0 atom stereocenters. The number of nitrogens with zero attached hydrogens (tertiary/aromatic N) is 1. The first-order valence-electron chi connectivity index (χ1n) is 5.42. The first-order valence-corrected chi connectivity index (χ1v) is 5.42. The molecule has 0 saturated heterocycles. The molecule has 1 aromatic heterocycles. The average molecular weight is 230 g/mol. The first-order chi connectivity index (χ1) is 7.99. The average Bonchev–Trinajstić information content (AvgIpc) is 2.26. The molecule has 0 radical (unpaired) electrons. The summed E-state index contributed by atoms with van der Waals surface area (Å²) in [6, 6.07) is 6.82. The third-order valence-electron chi connectivity index (χ3n) is 2.71. The summed E-state index contributed by atoms with van der Waals surface area (Å²) in [5.41, 5.74) is 6.80. The van der Waals surface area contributed by atoms with E-state index >= 15 is 0 Å². The highest BCUT2D eigenvalue weighted by atomic mass is 16.3. The number of hydrogen-bond donors (Lipinski definition) is 2. The lowest BCUT2D eigenvalue weighted by atomic mass is 9.99. The van der Waals surface area contributed by atoms with Crippen LogP contribution in [0.15, 0.2) is 24.3 Å². The molecule has 0 bridgehead atoms. The van der Waals surface area contributed by atoms with E-state index < -0.39 is 5.91 Å². The number of amides is 1. The van der Waals surface area contributed by atoms with Crippen molar-refractivity contribution in [2.24, 2.45) is 5.73 Å². The summed E-state index contributed by atoms with van der Waals surface area (Å²) in [7, 11) is 0. The predicted molar refractivity (Wildman–Crippen MR) is 66.0 cm³/mol. The maximum absolute atomic E-state index is 11.0. The number of carbonyl (C=O) groups is 1. The van der Waals surface area contributed by atoms with E-state index in [1.54, 1.807) is 18.2 Å². The lowest BCUT2D eigenvalue weighted by Crippen LogP contribution is -2.12. The normalized spacial score (nSPS) is 11.0. The van der Waals surface area contributed by atoms with Crippen LogP contribution < -0.4 is 5.73 Å². The van der Waals surface area contributed by atoms with Gasteiger partial charge in [0.1, 0.15) is 11.4 Å². The molecule has 88 valence electrons. The molecule has 3 N–H and O–H groups in total. The molecule has 0 aliphatic rings. The number of pyridine rings is 1. The Morgan fingerprint density at radius 2 is 2.06 bits per heavy atom. The number of hydrogen-bond acceptors (Lipinski definition) is 3. The van der Waals surface area contributed by atoms with Gasteiger partial charge >= 0.3 is 0 Å². The summed E-state index contributed by atoms with van der Waals surface area (Å²) in [6.45, 7) is 4.01. The molecule has 0 aliphatic carbocycles. The fourth-order valence-corrected chi connectivity index (χ4v) is 1.78. The van der Waals surface area contributed by atoms with Crippen molar-refractivity contribution in [2.75, 3.05) is 0 Å². The van der Waals surface area contributed by atoms with E-state index in [1.165, 1.54) is 0 Å². The lowest BCUT2D eigenvalue weighted by Gasteiger charge is -2.09. The molecule has 4 heteroatoms. The Bertz CT molecular complexity index is 591. The monoisotopic (exact) mass is 230 g/mol. The van der Waals surface area contributed by atoms with Crippen LogP contribution in [0.4, 0.5) is 0 Å². The van der Waals surface area contributed by atoms with Crippen molar-refractivity contribution in [3.05, 3.63) is 35.5 Å². The van der Waals surface area contributed by atoms with Crippen molar-refractivity contribution in [1.29, 1.82) is 0 Å². The van der Waals surface area contributed by atoms with Crippen LogP contribution in [-0.4, -0.2) is 16.0 Å². The maximum atomic E-state index is 11.0. The van der Waals surface area contributed by atoms with Crippen molar-refractivity contribution >= 4 is 16.8 Å². The van der Waals surface area contributed by atoms with Gasteiger partial charge in [0.2, 0.25) is 0 Å². The molecular weight excluding hydrogens is 216 g/mol. The second kappa shape index (κ2) is 4.05. The molecule has 17 heavy (non-hydrogen) atoms. The summed E-state index contributed by atoms with van der Waals surface area (Å²) < 4.78 is 0. The molecule has 4 nitrogen and oxygen atoms in total. The number of carbonyl (C=O) groups excluding carboxylic acids is 1. The number of phenolic OH excluding ortho intramolecular Hbond substituents is 1. The SMILES string of the molecule is CC(C)c1cc2ccc(C(N)=O)nc2cc1O. The van der Waals surface area contributed by atoms with Gasteiger partial charge in [0.25, 0.3) is 5.91 Å². The van der Waals surface area contributed by atoms with Gasteiger partial charge in [-0.15, -0.1) is 0 Å². The highest BCUT2D eigenvalue weighted by Crippen LogP contribution is 2.29. The summed E-state index contributed by atoms with van der Waals surface area (Å²) >= 11 is 0. The van der Waals surface area contributed by atoms with Crippen LogP contribution in [0, 0.1) is 0 Å². The molecule has 2 rings (SSSR count). The van der Waals surface area contributed by atoms with E-state index in [0.717, 1.165) is 10.9 Å². The van der Waals surface area contributed by atoms with Crippen molar-refractivity contribution in [2.45, 2.75) is 19.8 Å². The van der Waals surface area contributed by atoms with Crippen LogP contribution in [-0.2, 0) is 0 Å². The molecule has 0 saturated carbocycles. The minimum Gasteiger partial charge on any atom is -0.508 e. The maximum Gasteiger partial charge on any atom is 0.267 e. The molecule has 0 aliphatic heterocycles. The van der Waals surface area contributed by atoms with E-state index in [4.69, 9.17) is 5.73 Å². The van der Waals surface area contributed by atoms with Gasteiger partial charge in [-0.3, -0.25) is 4.79 Å². The Labute approximate surface area is 99.1 Å². The molecule has 0 fully saturated rings. The number of nitrogens with two attached hydrogens (primary N) is 1. The number of phenols is 1. The van der Waals surface area contributed by atoms with Crippen LogP contribution >= 0.6 is 0 Å². The molecular formula is C13H14N2O2. The zero-order valence-electron chi connectivity index (χ0n) is 9.77. The predicted octanol–water partition coefficient (Wildman–Crippen LogP) is 2.16. The molecule has 0 unspecified atom stereocenters. The van der Waals surface area contributed by atoms with Gasteiger partial charge in [-0.1, -0.05) is 19.9 Å². The molecule has 0 spiro atoms. The minimum atomic E-state index is -0.570. The smallest absolute Gasteiger partial charge is 0.267 e. The Balaban J connectivity index is 2.66. The standard InChI is InChI=1S/C13H14N2O2/c1-7(2)9-5-8-3-4-10(13(14)17)15-11(8)6-12(9)16/h3-7,16H,1-2H3,(H2,14,17). The second-order valence-corrected chi connectivity index (χ2v) is 4.32. The van der Waals surface area contributed by atoms with Crippen molar-refractivity contribution in [1.82, 2.24) is 4.98 Å². The molecule has 1 aromatic carbocycles. The second-order valence-electron chi connectivity index (χ2n) is 4.32. The lowest BCUT2D eigenvalue weighted by molar-refractivity contribution is 0.0996. The zero-order chi connectivity index (χ0) is 12.6. The number of benzene rings is 1. The Hall–Kier alpha value is -2.10. The van der Waals surface area contributed by atoms with Gasteiger partial charge in [-0.05, 0) is 23.6 Å². The summed E-state index contributed by atoms with van der Waals surface area (Å²) in [6.07, 6.45) is 0. The van der Waals surface area contributed by atoms with Crippen molar-refractivity contribution in [3.8, 4) is 5.75 Å². The van der Waals surface area contributed by atoms with E-state index in [9.17, 15) is 9.90 Å². The van der Waals surface area contributed by atoms with Gasteiger partial charge in [-0.25, -0.2) is 4.98 Å². The number of rotatable bonds is 2. The van der Waals surface area contributed by atoms with Crippen molar-refractivity contribution < 1.29 is 9.90 Å². The Morgan fingerprint density at radius 1 is 1.35 bits per heavy atom. The van der Waals surface area contributed by atoms with E-state index in [1.807, 2.05) is 19.9 Å². The van der Waals surface area contributed by atoms with Gasteiger partial charge in [0, 0.05) is 11.5 Å². The van der Waals surface area contributed by atoms with E-state index in [0.29, 0.717) is 5.52 Å². The molecule has 2 aromatic rings. The number of primary amides is 1. The number of fused-ring (bicyclic) bond motifs is 1. The third-order valence-corrected chi connectivity index (χ3v) is 2.71. The van der Waals surface area contributed by atoms with Crippen molar-refractivity contribution in [3.63, 3.8) is 0 Å². The highest BCUT2D eigenvalue weighted by molar-refractivity contribution is 5.94. The number of aromatic nitrogens is 1. The molecule has 1 amide bonds. The van der Waals surface area contributed by atoms with Gasteiger partial charge in [0.15, 0.2) is 0 Å². The quantitative estimate of drug-likeness (QED) is 0.830. The van der Waals surface area contributed by atoms with Gasteiger partial charge < -0.3 is 10.8 Å². The minimum absolute atomic E-state index is 0.196. The largest absolute Gasteiger partial charge is 0.508 e. The highest BCUT2D eigenvalue weighted by Gasteiger charge is 2.10. The molecule has 1 heterocycles. The zero-order valence-corrected chi connectivity index (χ0v) is 9.77. The fourth-order valence-electron chi connectivity index (χ4n) is 1.78. The number of aromatic hydroxyl groups is 1. The first kappa shape index (κ1) is 11.4. The fraction of sp³-hybridized carbons (Fsp3) is 0.231. The van der Waals surface area contributed by atoms with Crippen LogP contribution in [0.2, 0.25) is 0 Å². The van der Waals surface area contributed by atoms with E-state index in [2.05, 4.69) is 4.98 Å².